The van der Waals surface area contributed by atoms with Crippen molar-refractivity contribution in [1.82, 2.24) is 0 Å². The zero-order valence-corrected chi connectivity index (χ0v) is 8.38. The van der Waals surface area contributed by atoms with Crippen LogP contribution in [0.25, 0.3) is 0 Å². The lowest BCUT2D eigenvalue weighted by atomic mass is 10.2. The molecule has 1 atom stereocenters. The second-order valence-corrected chi connectivity index (χ2v) is 4.04. The Hall–Kier alpha value is -1.02. The first-order valence-corrected chi connectivity index (χ1v) is 5.00. The Balaban J connectivity index is 2.63. The van der Waals surface area contributed by atoms with Gasteiger partial charge in [-0.25, -0.2) is 0 Å². The van der Waals surface area contributed by atoms with E-state index in [-0.39, 0.29) is 10.4 Å². The first-order chi connectivity index (χ1) is 6.24. The lowest BCUT2D eigenvalue weighted by molar-refractivity contribution is -0.107. The number of hydrogen-bond donors (Lipinski definition) is 0. The van der Waals surface area contributed by atoms with Gasteiger partial charge in [0.1, 0.15) is 0 Å². The molecule has 2 heteroatoms. The molecule has 68 valence electrons. The van der Waals surface area contributed by atoms with Crippen molar-refractivity contribution in [2.24, 2.45) is 0 Å². The topological polar surface area (TPSA) is 17.1 Å². The third kappa shape index (κ3) is 3.07. The molecule has 0 aliphatic rings. The van der Waals surface area contributed by atoms with Gasteiger partial charge in [-0.3, -0.25) is 4.79 Å². The second kappa shape index (κ2) is 4.87. The number of hydrogen-bond acceptors (Lipinski definition) is 2. The molecule has 0 heterocycles. The molecule has 1 unspecified atom stereocenters. The lowest BCUT2D eigenvalue weighted by Gasteiger charge is -2.07. The molecule has 13 heavy (non-hydrogen) atoms. The molecule has 0 aromatic heterocycles. The van der Waals surface area contributed by atoms with E-state index in [0.717, 1.165) is 0 Å². The number of benzene rings is 1. The van der Waals surface area contributed by atoms with Gasteiger partial charge in [-0.05, 0) is 18.6 Å². The summed E-state index contributed by atoms with van der Waals surface area (Å²) < 4.78 is 0. The molecule has 0 bridgehead atoms. The molecular weight excluding hydrogens is 180 g/mol. The minimum absolute atomic E-state index is 0.0244. The lowest BCUT2D eigenvalue weighted by Crippen LogP contribution is -1.92. The number of rotatable bonds is 3. The zero-order chi connectivity index (χ0) is 9.68. The van der Waals surface area contributed by atoms with Crippen LogP contribution in [0.15, 0.2) is 43.0 Å². The van der Waals surface area contributed by atoms with E-state index in [2.05, 4.69) is 6.58 Å². The van der Waals surface area contributed by atoms with Crippen molar-refractivity contribution in [2.45, 2.75) is 12.2 Å². The van der Waals surface area contributed by atoms with Crippen LogP contribution in [-0.2, 0) is 4.79 Å². The Morgan fingerprint density at radius 1 is 1.46 bits per heavy atom. The zero-order valence-electron chi connectivity index (χ0n) is 7.57. The van der Waals surface area contributed by atoms with E-state index < -0.39 is 0 Å². The van der Waals surface area contributed by atoms with Gasteiger partial charge in [-0.1, -0.05) is 48.7 Å². The van der Waals surface area contributed by atoms with E-state index in [9.17, 15) is 4.79 Å². The van der Waals surface area contributed by atoms with E-state index in [4.69, 9.17) is 0 Å². The first-order valence-electron chi connectivity index (χ1n) is 4.12. The average molecular weight is 192 g/mol. The van der Waals surface area contributed by atoms with Crippen LogP contribution in [0.4, 0.5) is 0 Å². The predicted molar refractivity (Wildman–Crippen MR) is 57.7 cm³/mol. The SMILES string of the molecule is C=CC(=O)SC(C)c1ccccc1. The summed E-state index contributed by atoms with van der Waals surface area (Å²) >= 11 is 1.30. The highest BCUT2D eigenvalue weighted by molar-refractivity contribution is 8.14. The summed E-state index contributed by atoms with van der Waals surface area (Å²) in [6.45, 7) is 5.45. The van der Waals surface area contributed by atoms with Crippen molar-refractivity contribution >= 4 is 16.9 Å². The third-order valence-corrected chi connectivity index (χ3v) is 2.75. The fourth-order valence-corrected chi connectivity index (χ4v) is 1.75. The molecule has 0 aliphatic carbocycles. The molecule has 0 fully saturated rings. The largest absolute Gasteiger partial charge is 0.282 e. The first kappa shape index (κ1) is 10.1. The van der Waals surface area contributed by atoms with Crippen LogP contribution in [-0.4, -0.2) is 5.12 Å². The Labute approximate surface area is 82.9 Å². The average Bonchev–Trinajstić information content (AvgIpc) is 2.19. The summed E-state index contributed by atoms with van der Waals surface area (Å²) in [5.41, 5.74) is 1.17. The second-order valence-electron chi connectivity index (χ2n) is 2.69. The maximum Gasteiger partial charge on any atom is 0.212 e. The van der Waals surface area contributed by atoms with Gasteiger partial charge in [0, 0.05) is 5.25 Å². The maximum atomic E-state index is 11.0. The van der Waals surface area contributed by atoms with Crippen molar-refractivity contribution in [3.05, 3.63) is 48.6 Å². The van der Waals surface area contributed by atoms with Gasteiger partial charge in [0.15, 0.2) is 0 Å². The molecule has 0 amide bonds. The summed E-state index contributed by atoms with van der Waals surface area (Å²) in [7, 11) is 0. The normalized spacial score (nSPS) is 12.1. The number of carbonyl (C=O) groups is 1. The highest BCUT2D eigenvalue weighted by atomic mass is 32.2. The molecule has 0 saturated carbocycles. The van der Waals surface area contributed by atoms with Crippen LogP contribution in [0.5, 0.6) is 0 Å². The van der Waals surface area contributed by atoms with E-state index in [1.165, 1.54) is 23.4 Å². The van der Waals surface area contributed by atoms with Crippen LogP contribution >= 0.6 is 11.8 Å². The summed E-state index contributed by atoms with van der Waals surface area (Å²) in [5, 5.41) is 0.225. The fourth-order valence-electron chi connectivity index (χ4n) is 1.01. The molecule has 1 aromatic rings. The van der Waals surface area contributed by atoms with Crippen LogP contribution in [0.1, 0.15) is 17.7 Å². The standard InChI is InChI=1S/C11H12OS/c1-3-11(12)13-9(2)10-7-5-4-6-8-10/h3-9H,1H2,2H3. The van der Waals surface area contributed by atoms with Crippen molar-refractivity contribution in [3.63, 3.8) is 0 Å². The molecule has 0 saturated heterocycles. The third-order valence-electron chi connectivity index (χ3n) is 1.73. The quantitative estimate of drug-likeness (QED) is 0.684. The highest BCUT2D eigenvalue weighted by Gasteiger charge is 2.08. The van der Waals surface area contributed by atoms with Crippen molar-refractivity contribution < 1.29 is 4.79 Å². The van der Waals surface area contributed by atoms with E-state index in [0.29, 0.717) is 0 Å². The van der Waals surface area contributed by atoms with Gasteiger partial charge in [-0.2, -0.15) is 0 Å². The van der Waals surface area contributed by atoms with Crippen LogP contribution in [0.3, 0.4) is 0 Å². The molecule has 0 aliphatic heterocycles. The minimum Gasteiger partial charge on any atom is -0.282 e. The van der Waals surface area contributed by atoms with Gasteiger partial charge in [0.05, 0.1) is 0 Å². The van der Waals surface area contributed by atoms with E-state index in [1.54, 1.807) is 0 Å². The van der Waals surface area contributed by atoms with Crippen molar-refractivity contribution in [1.29, 1.82) is 0 Å². The van der Waals surface area contributed by atoms with E-state index >= 15 is 0 Å². The molecule has 1 aromatic carbocycles. The number of thioether (sulfide) groups is 1. The smallest absolute Gasteiger partial charge is 0.212 e. The van der Waals surface area contributed by atoms with Gasteiger partial charge < -0.3 is 0 Å². The van der Waals surface area contributed by atoms with Crippen molar-refractivity contribution in [3.8, 4) is 0 Å². The highest BCUT2D eigenvalue weighted by Crippen LogP contribution is 2.28. The predicted octanol–water partition coefficient (Wildman–Crippen LogP) is 3.19. The van der Waals surface area contributed by atoms with Crippen LogP contribution in [0, 0.1) is 0 Å². The van der Waals surface area contributed by atoms with Gasteiger partial charge in [0.25, 0.3) is 0 Å². The van der Waals surface area contributed by atoms with Gasteiger partial charge in [0.2, 0.25) is 5.12 Å². The molecule has 1 rings (SSSR count). The maximum absolute atomic E-state index is 11.0. The van der Waals surface area contributed by atoms with Crippen LogP contribution < -0.4 is 0 Å². The fraction of sp³-hybridized carbons (Fsp3) is 0.182. The van der Waals surface area contributed by atoms with Crippen LogP contribution in [0.2, 0.25) is 0 Å². The molecule has 0 N–H and O–H groups in total. The van der Waals surface area contributed by atoms with Gasteiger partial charge in [-0.15, -0.1) is 0 Å². The van der Waals surface area contributed by atoms with E-state index in [1.807, 2.05) is 37.3 Å². The van der Waals surface area contributed by atoms with Crippen molar-refractivity contribution in [2.75, 3.05) is 0 Å². The molecule has 1 nitrogen and oxygen atoms in total. The Morgan fingerprint density at radius 2 is 2.08 bits per heavy atom. The Morgan fingerprint density at radius 3 is 2.62 bits per heavy atom. The summed E-state index contributed by atoms with van der Waals surface area (Å²) in [6.07, 6.45) is 1.35. The number of carbonyl (C=O) groups excluding carboxylic acids is 1. The van der Waals surface area contributed by atoms with Gasteiger partial charge >= 0.3 is 0 Å². The Kier molecular flexibility index (Phi) is 3.77. The monoisotopic (exact) mass is 192 g/mol. The summed E-state index contributed by atoms with van der Waals surface area (Å²) in [5.74, 6) is 0. The minimum atomic E-state index is 0.0244. The summed E-state index contributed by atoms with van der Waals surface area (Å²) in [6, 6.07) is 9.97. The molecular formula is C11H12OS. The Bertz CT molecular complexity index is 292. The molecule has 0 spiro atoms. The summed E-state index contributed by atoms with van der Waals surface area (Å²) in [4.78, 5) is 11.0. The molecule has 0 radical (unpaired) electrons.